The summed E-state index contributed by atoms with van der Waals surface area (Å²) in [5.74, 6) is -0.108. The minimum Gasteiger partial charge on any atom is -0.299 e. The second-order valence-corrected chi connectivity index (χ2v) is 5.48. The lowest BCUT2D eigenvalue weighted by Crippen LogP contribution is -2.10. The normalized spacial score (nSPS) is 29.8. The molecule has 0 amide bonds. The minimum absolute atomic E-state index is 0.0240. The molecule has 2 saturated carbocycles. The van der Waals surface area contributed by atoms with Crippen LogP contribution in [-0.4, -0.2) is 5.78 Å². The quantitative estimate of drug-likeness (QED) is 0.802. The lowest BCUT2D eigenvalue weighted by molar-refractivity contribution is -0.120. The van der Waals surface area contributed by atoms with E-state index in [9.17, 15) is 13.6 Å². The molecule has 0 heterocycles. The summed E-state index contributed by atoms with van der Waals surface area (Å²) >= 11 is 0. The first-order chi connectivity index (χ1) is 8.68. The first kappa shape index (κ1) is 11.8. The van der Waals surface area contributed by atoms with Crippen molar-refractivity contribution < 1.29 is 13.6 Å². The summed E-state index contributed by atoms with van der Waals surface area (Å²) in [6.45, 7) is 0. The fourth-order valence-corrected chi connectivity index (χ4v) is 3.46. The third kappa shape index (κ3) is 1.96. The van der Waals surface area contributed by atoms with Crippen LogP contribution in [0.2, 0.25) is 0 Å². The summed E-state index contributed by atoms with van der Waals surface area (Å²) in [4.78, 5) is 12.1. The maximum absolute atomic E-state index is 13.5. The number of carbonyl (C=O) groups excluding carboxylic acids is 1. The van der Waals surface area contributed by atoms with Gasteiger partial charge < -0.3 is 0 Å². The third-order valence-electron chi connectivity index (χ3n) is 4.44. The second kappa shape index (κ2) is 4.45. The van der Waals surface area contributed by atoms with E-state index in [0.29, 0.717) is 11.8 Å². The molecular weight excluding hydrogens is 234 g/mol. The zero-order valence-electron chi connectivity index (χ0n) is 10.2. The minimum atomic E-state index is -0.605. The number of Topliss-reactive ketones (excluding diaryl/α,β-unsaturated/α-hetero) is 1. The first-order valence-corrected chi connectivity index (χ1v) is 6.64. The van der Waals surface area contributed by atoms with Crippen LogP contribution < -0.4 is 0 Å². The number of ketones is 1. The summed E-state index contributed by atoms with van der Waals surface area (Å²) in [5, 5.41) is 0. The zero-order chi connectivity index (χ0) is 12.7. The topological polar surface area (TPSA) is 17.1 Å². The Balaban J connectivity index is 1.72. The van der Waals surface area contributed by atoms with Crippen LogP contribution in [0.4, 0.5) is 8.78 Å². The lowest BCUT2D eigenvalue weighted by Gasteiger charge is -2.04. The Morgan fingerprint density at radius 2 is 1.67 bits per heavy atom. The van der Waals surface area contributed by atoms with Crippen molar-refractivity contribution in [2.24, 2.45) is 17.8 Å². The van der Waals surface area contributed by atoms with Crippen molar-refractivity contribution >= 4 is 5.78 Å². The molecule has 2 atom stereocenters. The van der Waals surface area contributed by atoms with E-state index in [2.05, 4.69) is 0 Å². The largest absolute Gasteiger partial charge is 0.299 e. The molecule has 3 rings (SSSR count). The van der Waals surface area contributed by atoms with Crippen molar-refractivity contribution in [2.45, 2.75) is 32.1 Å². The molecule has 0 aromatic heterocycles. The highest BCUT2D eigenvalue weighted by Gasteiger charge is 2.54. The molecule has 0 radical (unpaired) electrons. The Morgan fingerprint density at radius 3 is 2.22 bits per heavy atom. The second-order valence-electron chi connectivity index (χ2n) is 5.48. The van der Waals surface area contributed by atoms with Crippen LogP contribution in [0.15, 0.2) is 18.2 Å². The van der Waals surface area contributed by atoms with Crippen LogP contribution in [0.5, 0.6) is 0 Å². The summed E-state index contributed by atoms with van der Waals surface area (Å²) in [5.41, 5.74) is -0.0638. The van der Waals surface area contributed by atoms with Crippen molar-refractivity contribution in [1.82, 2.24) is 0 Å². The van der Waals surface area contributed by atoms with Gasteiger partial charge in [-0.3, -0.25) is 4.79 Å². The van der Waals surface area contributed by atoms with E-state index in [0.717, 1.165) is 12.8 Å². The van der Waals surface area contributed by atoms with Gasteiger partial charge in [-0.2, -0.15) is 0 Å². The van der Waals surface area contributed by atoms with Crippen LogP contribution in [0.25, 0.3) is 0 Å². The van der Waals surface area contributed by atoms with E-state index >= 15 is 0 Å². The number of fused-ring (bicyclic) bond motifs is 1. The van der Waals surface area contributed by atoms with Crippen LogP contribution in [-0.2, 0) is 11.2 Å². The maximum atomic E-state index is 13.5. The van der Waals surface area contributed by atoms with Gasteiger partial charge >= 0.3 is 0 Å². The molecule has 2 fully saturated rings. The molecule has 2 aliphatic rings. The average Bonchev–Trinajstić information content (AvgIpc) is 3.08. The van der Waals surface area contributed by atoms with E-state index in [1.807, 2.05) is 0 Å². The van der Waals surface area contributed by atoms with Gasteiger partial charge in [-0.25, -0.2) is 8.78 Å². The summed E-state index contributed by atoms with van der Waals surface area (Å²) in [6.07, 6.45) is 4.52. The molecule has 1 nitrogen and oxygen atoms in total. The molecule has 2 aliphatic carbocycles. The van der Waals surface area contributed by atoms with E-state index in [4.69, 9.17) is 0 Å². The van der Waals surface area contributed by atoms with Crippen molar-refractivity contribution in [3.8, 4) is 0 Å². The zero-order valence-corrected chi connectivity index (χ0v) is 10.2. The van der Waals surface area contributed by atoms with Crippen LogP contribution in [0, 0.1) is 29.4 Å². The number of carbonyl (C=O) groups is 1. The molecule has 0 aliphatic heterocycles. The SMILES string of the molecule is O=C(Cc1c(F)cccc1F)C1C2CCCCC21. The highest BCUT2D eigenvalue weighted by atomic mass is 19.1. The molecule has 0 spiro atoms. The number of rotatable bonds is 3. The molecule has 1 aromatic carbocycles. The molecule has 96 valence electrons. The molecule has 3 heteroatoms. The van der Waals surface area contributed by atoms with Crippen LogP contribution in [0.3, 0.4) is 0 Å². The van der Waals surface area contributed by atoms with E-state index in [-0.39, 0.29) is 23.7 Å². The van der Waals surface area contributed by atoms with Gasteiger partial charge in [0.1, 0.15) is 17.4 Å². The highest BCUT2D eigenvalue weighted by molar-refractivity contribution is 5.86. The van der Waals surface area contributed by atoms with Gasteiger partial charge in [-0.15, -0.1) is 0 Å². The predicted molar refractivity (Wildman–Crippen MR) is 64.0 cm³/mol. The average molecular weight is 250 g/mol. The van der Waals surface area contributed by atoms with Crippen LogP contribution in [0.1, 0.15) is 31.2 Å². The number of halogens is 2. The smallest absolute Gasteiger partial charge is 0.141 e. The van der Waals surface area contributed by atoms with Crippen molar-refractivity contribution in [1.29, 1.82) is 0 Å². The predicted octanol–water partition coefficient (Wildman–Crippen LogP) is 3.51. The van der Waals surface area contributed by atoms with Gasteiger partial charge in [0.2, 0.25) is 0 Å². The summed E-state index contributed by atoms with van der Waals surface area (Å²) < 4.78 is 26.9. The standard InChI is InChI=1S/C15H16F2O/c16-12-6-3-7-13(17)11(12)8-14(18)15-9-4-1-2-5-10(9)15/h3,6-7,9-10,15H,1-2,4-5,8H2. The fraction of sp³-hybridized carbons (Fsp3) is 0.533. The van der Waals surface area contributed by atoms with E-state index in [1.165, 1.54) is 31.0 Å². The van der Waals surface area contributed by atoms with Crippen molar-refractivity contribution in [3.05, 3.63) is 35.4 Å². The van der Waals surface area contributed by atoms with Gasteiger partial charge in [-0.1, -0.05) is 18.9 Å². The van der Waals surface area contributed by atoms with Crippen molar-refractivity contribution in [3.63, 3.8) is 0 Å². The third-order valence-corrected chi connectivity index (χ3v) is 4.44. The molecule has 1 aromatic rings. The Morgan fingerprint density at radius 1 is 1.11 bits per heavy atom. The molecule has 18 heavy (non-hydrogen) atoms. The number of hydrogen-bond donors (Lipinski definition) is 0. The maximum Gasteiger partial charge on any atom is 0.141 e. The van der Waals surface area contributed by atoms with Crippen LogP contribution >= 0.6 is 0 Å². The molecule has 0 bridgehead atoms. The fourth-order valence-electron chi connectivity index (χ4n) is 3.46. The number of benzene rings is 1. The van der Waals surface area contributed by atoms with Gasteiger partial charge in [-0.05, 0) is 36.8 Å². The molecule has 0 saturated heterocycles. The highest BCUT2D eigenvalue weighted by Crippen LogP contribution is 2.56. The van der Waals surface area contributed by atoms with Gasteiger partial charge in [0.15, 0.2) is 0 Å². The first-order valence-electron chi connectivity index (χ1n) is 6.64. The number of hydrogen-bond acceptors (Lipinski definition) is 1. The molecule has 2 unspecified atom stereocenters. The van der Waals surface area contributed by atoms with Crippen molar-refractivity contribution in [2.75, 3.05) is 0 Å². The van der Waals surface area contributed by atoms with E-state index < -0.39 is 11.6 Å². The lowest BCUT2D eigenvalue weighted by atomic mass is 10.0. The van der Waals surface area contributed by atoms with E-state index in [1.54, 1.807) is 0 Å². The monoisotopic (exact) mass is 250 g/mol. The van der Waals surface area contributed by atoms with Gasteiger partial charge in [0, 0.05) is 17.9 Å². The Kier molecular flexibility index (Phi) is 2.92. The summed E-state index contributed by atoms with van der Waals surface area (Å²) in [6, 6.07) is 3.76. The summed E-state index contributed by atoms with van der Waals surface area (Å²) in [7, 11) is 0. The van der Waals surface area contributed by atoms with Gasteiger partial charge in [0.05, 0.1) is 0 Å². The molecular formula is C15H16F2O. The Hall–Kier alpha value is -1.25. The van der Waals surface area contributed by atoms with Gasteiger partial charge in [0.25, 0.3) is 0 Å². The Labute approximate surface area is 105 Å². The molecule has 0 N–H and O–H groups in total. The Bertz CT molecular complexity index is 451.